The summed E-state index contributed by atoms with van der Waals surface area (Å²) in [5.74, 6) is 0.858. The number of aliphatic hydroxyl groups is 1. The number of phosphoric ester groups is 2. The van der Waals surface area contributed by atoms with E-state index in [9.17, 15) is 43.2 Å². The van der Waals surface area contributed by atoms with Gasteiger partial charge in [0, 0.05) is 25.7 Å². The first-order valence-electron chi connectivity index (χ1n) is 40.2. The summed E-state index contributed by atoms with van der Waals surface area (Å²) in [6.45, 7) is 14.1. The molecular formula is C78H152O17P2. The van der Waals surface area contributed by atoms with E-state index in [0.717, 1.165) is 115 Å². The van der Waals surface area contributed by atoms with Crippen molar-refractivity contribution < 1.29 is 80.2 Å². The summed E-state index contributed by atoms with van der Waals surface area (Å²) in [4.78, 5) is 72.7. The average Bonchev–Trinajstić information content (AvgIpc) is 1.19. The van der Waals surface area contributed by atoms with Crippen LogP contribution in [0, 0.1) is 23.7 Å². The predicted octanol–water partition coefficient (Wildman–Crippen LogP) is 22.8. The number of phosphoric acid groups is 2. The van der Waals surface area contributed by atoms with Crippen molar-refractivity contribution in [3.05, 3.63) is 0 Å². The van der Waals surface area contributed by atoms with E-state index in [2.05, 4.69) is 55.4 Å². The molecule has 0 aliphatic carbocycles. The maximum absolute atomic E-state index is 13.1. The fraction of sp³-hybridized carbons (Fsp3) is 0.949. The van der Waals surface area contributed by atoms with Crippen LogP contribution in [0.25, 0.3) is 0 Å². The minimum absolute atomic E-state index is 0.106. The lowest BCUT2D eigenvalue weighted by Crippen LogP contribution is -2.30. The van der Waals surface area contributed by atoms with E-state index < -0.39 is 97.5 Å². The zero-order valence-electron chi connectivity index (χ0n) is 63.7. The summed E-state index contributed by atoms with van der Waals surface area (Å²) >= 11 is 0. The van der Waals surface area contributed by atoms with Gasteiger partial charge in [-0.25, -0.2) is 9.13 Å². The Kier molecular flexibility index (Phi) is 65.9. The molecule has 0 heterocycles. The molecule has 19 heteroatoms. The highest BCUT2D eigenvalue weighted by atomic mass is 31.2. The first kappa shape index (κ1) is 95.1. The van der Waals surface area contributed by atoms with Gasteiger partial charge in [0.1, 0.15) is 19.3 Å². The molecule has 0 bridgehead atoms. The second-order valence-electron chi connectivity index (χ2n) is 30.0. The van der Waals surface area contributed by atoms with Crippen molar-refractivity contribution in [3.63, 3.8) is 0 Å². The molecule has 0 rings (SSSR count). The van der Waals surface area contributed by atoms with E-state index in [1.165, 1.54) is 186 Å². The van der Waals surface area contributed by atoms with E-state index in [-0.39, 0.29) is 25.7 Å². The molecule has 0 radical (unpaired) electrons. The average molecular weight is 1420 g/mol. The highest BCUT2D eigenvalue weighted by Crippen LogP contribution is 2.45. The summed E-state index contributed by atoms with van der Waals surface area (Å²) < 4.78 is 68.5. The number of unbranched alkanes of at least 4 members (excludes halogenated alkanes) is 41. The van der Waals surface area contributed by atoms with Gasteiger partial charge in [0.25, 0.3) is 0 Å². The fourth-order valence-electron chi connectivity index (χ4n) is 11.9. The fourth-order valence-corrected chi connectivity index (χ4v) is 13.5. The van der Waals surface area contributed by atoms with Crippen molar-refractivity contribution in [3.8, 4) is 0 Å². The maximum Gasteiger partial charge on any atom is 0.472 e. The van der Waals surface area contributed by atoms with Crippen LogP contribution in [-0.4, -0.2) is 96.7 Å². The molecule has 3 unspecified atom stereocenters. The molecule has 0 saturated heterocycles. The van der Waals surface area contributed by atoms with Crippen LogP contribution < -0.4 is 0 Å². The molecule has 0 fully saturated rings. The molecule has 0 aromatic heterocycles. The number of esters is 4. The van der Waals surface area contributed by atoms with Gasteiger partial charge in [-0.15, -0.1) is 0 Å². The van der Waals surface area contributed by atoms with Crippen LogP contribution in [0.5, 0.6) is 0 Å². The molecule has 0 saturated carbocycles. The largest absolute Gasteiger partial charge is 0.472 e. The van der Waals surface area contributed by atoms with Gasteiger partial charge in [0.15, 0.2) is 12.2 Å². The lowest BCUT2D eigenvalue weighted by atomic mass is 10.0. The molecule has 97 heavy (non-hydrogen) atoms. The van der Waals surface area contributed by atoms with Gasteiger partial charge in [0.2, 0.25) is 0 Å². The van der Waals surface area contributed by atoms with Crippen molar-refractivity contribution in [2.45, 2.75) is 414 Å². The number of ether oxygens (including phenoxy) is 4. The smallest absolute Gasteiger partial charge is 0.462 e. The van der Waals surface area contributed by atoms with Crippen LogP contribution in [0.1, 0.15) is 396 Å². The Morgan fingerprint density at radius 1 is 0.258 bits per heavy atom. The number of hydrogen-bond acceptors (Lipinski definition) is 15. The molecule has 5 atom stereocenters. The quantitative estimate of drug-likeness (QED) is 0.0222. The summed E-state index contributed by atoms with van der Waals surface area (Å²) in [6, 6.07) is 0. The van der Waals surface area contributed by atoms with Crippen LogP contribution in [0.4, 0.5) is 0 Å². The molecule has 0 spiro atoms. The second kappa shape index (κ2) is 67.2. The minimum atomic E-state index is -4.96. The first-order valence-corrected chi connectivity index (χ1v) is 43.2. The molecule has 17 nitrogen and oxygen atoms in total. The lowest BCUT2D eigenvalue weighted by Gasteiger charge is -2.21. The van der Waals surface area contributed by atoms with Crippen molar-refractivity contribution in [2.24, 2.45) is 23.7 Å². The summed E-state index contributed by atoms with van der Waals surface area (Å²) in [7, 11) is -9.91. The van der Waals surface area contributed by atoms with Crippen LogP contribution in [-0.2, 0) is 65.4 Å². The lowest BCUT2D eigenvalue weighted by molar-refractivity contribution is -0.161. The van der Waals surface area contributed by atoms with Gasteiger partial charge in [0.05, 0.1) is 26.4 Å². The number of aliphatic hydroxyl groups excluding tert-OH is 1. The standard InChI is InChI=1S/C78H152O17P2/c1-68(2)54-46-38-30-26-22-18-14-11-9-10-12-16-20-24-28-32-44-52-60-77(82)94-73(64-88-75(80)58-50-42-36-34-40-48-56-70(5)6)66-92-96(84,85)90-62-72(79)63-91-97(86,87)93-67-74(65-89-76(81)59-51-43-37-35-41-49-57-71(7)8)95-78(83)61-53-45-33-29-25-21-17-13-15-19-23-27-31-39-47-55-69(3)4/h68-74,79H,9-67H2,1-8H3,(H,84,85)(H,86,87)/t72?,73-,74-/m1/s1. The monoisotopic (exact) mass is 1420 g/mol. The summed E-state index contributed by atoms with van der Waals surface area (Å²) in [5.41, 5.74) is 0. The molecule has 0 aliphatic heterocycles. The molecule has 3 N–H and O–H groups in total. The van der Waals surface area contributed by atoms with E-state index >= 15 is 0 Å². The van der Waals surface area contributed by atoms with Gasteiger partial charge in [-0.2, -0.15) is 0 Å². The maximum atomic E-state index is 13.1. The van der Waals surface area contributed by atoms with Crippen LogP contribution in [0.3, 0.4) is 0 Å². The molecule has 0 aromatic rings. The molecule has 0 aliphatic rings. The Hall–Kier alpha value is -1.94. The second-order valence-corrected chi connectivity index (χ2v) is 32.9. The van der Waals surface area contributed by atoms with Crippen molar-refractivity contribution >= 4 is 39.5 Å². The van der Waals surface area contributed by atoms with Crippen LogP contribution >= 0.6 is 15.6 Å². The van der Waals surface area contributed by atoms with E-state index in [0.29, 0.717) is 37.5 Å². The Morgan fingerprint density at radius 2 is 0.433 bits per heavy atom. The van der Waals surface area contributed by atoms with E-state index in [4.69, 9.17) is 37.0 Å². The summed E-state index contributed by atoms with van der Waals surface area (Å²) in [6.07, 6.45) is 53.2. The summed E-state index contributed by atoms with van der Waals surface area (Å²) in [5, 5.41) is 10.6. The number of rotatable bonds is 75. The van der Waals surface area contributed by atoms with Crippen molar-refractivity contribution in [1.82, 2.24) is 0 Å². The highest BCUT2D eigenvalue weighted by molar-refractivity contribution is 7.47. The van der Waals surface area contributed by atoms with Gasteiger partial charge in [-0.1, -0.05) is 344 Å². The zero-order chi connectivity index (χ0) is 71.7. The Bertz CT molecular complexity index is 1900. The first-order chi connectivity index (χ1) is 46.6. The van der Waals surface area contributed by atoms with Crippen molar-refractivity contribution in [2.75, 3.05) is 39.6 Å². The highest BCUT2D eigenvalue weighted by Gasteiger charge is 2.30. The Labute approximate surface area is 594 Å². The van der Waals surface area contributed by atoms with Crippen LogP contribution in [0.2, 0.25) is 0 Å². The predicted molar refractivity (Wildman–Crippen MR) is 395 cm³/mol. The number of carbonyl (C=O) groups excluding carboxylic acids is 4. The molecular weight excluding hydrogens is 1270 g/mol. The number of hydrogen-bond donors (Lipinski definition) is 3. The third kappa shape index (κ3) is 72.2. The third-order valence-electron chi connectivity index (χ3n) is 18.1. The molecule has 0 aromatic carbocycles. The zero-order valence-corrected chi connectivity index (χ0v) is 65.5. The van der Waals surface area contributed by atoms with Gasteiger partial charge in [-0.3, -0.25) is 37.3 Å². The van der Waals surface area contributed by atoms with Gasteiger partial charge in [-0.05, 0) is 49.4 Å². The normalized spacial score (nSPS) is 14.1. The molecule has 576 valence electrons. The molecule has 0 amide bonds. The van der Waals surface area contributed by atoms with E-state index in [1.807, 2.05) is 0 Å². The minimum Gasteiger partial charge on any atom is -0.462 e. The Morgan fingerprint density at radius 3 is 0.639 bits per heavy atom. The SMILES string of the molecule is CC(C)CCCCCCCCCCCCCCCCCCCCC(=O)O[C@H](COC(=O)CCCCCCCCC(C)C)COP(=O)(O)OCC(O)COP(=O)(O)OC[C@@H](COC(=O)CCCCCCCCC(C)C)OC(=O)CCCCCCCCCCCCCCCCCC(C)C. The third-order valence-corrected chi connectivity index (χ3v) is 20.0. The number of carbonyl (C=O) groups is 4. The van der Waals surface area contributed by atoms with Gasteiger partial charge >= 0.3 is 39.5 Å². The van der Waals surface area contributed by atoms with E-state index in [1.54, 1.807) is 0 Å². The van der Waals surface area contributed by atoms with Crippen molar-refractivity contribution in [1.29, 1.82) is 0 Å². The Balaban J connectivity index is 5.13. The van der Waals surface area contributed by atoms with Crippen LogP contribution in [0.15, 0.2) is 0 Å². The van der Waals surface area contributed by atoms with Gasteiger partial charge < -0.3 is 33.8 Å². The topological polar surface area (TPSA) is 237 Å².